The maximum absolute atomic E-state index is 11.8. The maximum Gasteiger partial charge on any atom is 0.315 e. The van der Waals surface area contributed by atoms with Gasteiger partial charge in [0.1, 0.15) is 5.75 Å². The van der Waals surface area contributed by atoms with E-state index in [1.165, 1.54) is 24.4 Å². The molecule has 0 spiro atoms. The van der Waals surface area contributed by atoms with Gasteiger partial charge in [0.2, 0.25) is 5.75 Å². The van der Waals surface area contributed by atoms with Crippen LogP contribution < -0.4 is 14.9 Å². The number of nitro benzene ring substituents is 1. The molecule has 0 aliphatic rings. The molecule has 0 saturated carbocycles. The fraction of sp³-hybridized carbons (Fsp3) is 0.176. The van der Waals surface area contributed by atoms with E-state index in [1.54, 1.807) is 13.0 Å². The number of ether oxygens (including phenoxy) is 2. The number of phenolic OH excluding ortho intramolecular Hbond substituents is 1. The first-order valence-corrected chi connectivity index (χ1v) is 8.61. The van der Waals surface area contributed by atoms with E-state index in [0.717, 1.165) is 6.07 Å². The van der Waals surface area contributed by atoms with Gasteiger partial charge in [-0.15, -0.1) is 0 Å². The SMILES string of the molecule is CCOc1cc(/C=N/NC(=O)COc2ccc(Cl)cc2Cl)cc([N+](=O)[O-])c1O. The number of nitrogens with one attached hydrogen (secondary N) is 1. The number of carbonyl (C=O) groups is 1. The molecule has 1 amide bonds. The third-order valence-corrected chi connectivity index (χ3v) is 3.76. The van der Waals surface area contributed by atoms with Gasteiger partial charge in [-0.25, -0.2) is 5.43 Å². The molecule has 0 aliphatic carbocycles. The van der Waals surface area contributed by atoms with Gasteiger partial charge >= 0.3 is 5.69 Å². The summed E-state index contributed by atoms with van der Waals surface area (Å²) in [6.45, 7) is 1.50. The minimum atomic E-state index is -0.753. The molecule has 0 heterocycles. The summed E-state index contributed by atoms with van der Waals surface area (Å²) in [7, 11) is 0. The Morgan fingerprint density at radius 2 is 2.04 bits per heavy atom. The summed E-state index contributed by atoms with van der Waals surface area (Å²) in [6.07, 6.45) is 1.17. The molecule has 148 valence electrons. The van der Waals surface area contributed by atoms with Crippen molar-refractivity contribution in [3.63, 3.8) is 0 Å². The normalized spacial score (nSPS) is 10.7. The van der Waals surface area contributed by atoms with Crippen LogP contribution in [0.3, 0.4) is 0 Å². The summed E-state index contributed by atoms with van der Waals surface area (Å²) in [5, 5.41) is 25.2. The zero-order valence-electron chi connectivity index (χ0n) is 14.5. The van der Waals surface area contributed by atoms with Gasteiger partial charge in [0, 0.05) is 16.7 Å². The quantitative estimate of drug-likeness (QED) is 0.377. The van der Waals surface area contributed by atoms with Gasteiger partial charge in [0.05, 0.1) is 22.8 Å². The second-order valence-corrected chi connectivity index (χ2v) is 6.08. The highest BCUT2D eigenvalue weighted by Crippen LogP contribution is 2.36. The van der Waals surface area contributed by atoms with Gasteiger partial charge in [-0.05, 0) is 31.2 Å². The molecule has 0 aromatic heterocycles. The lowest BCUT2D eigenvalue weighted by Gasteiger charge is -2.08. The number of rotatable bonds is 8. The molecular weight excluding hydrogens is 413 g/mol. The lowest BCUT2D eigenvalue weighted by Crippen LogP contribution is -2.24. The van der Waals surface area contributed by atoms with E-state index >= 15 is 0 Å². The number of phenols is 1. The highest BCUT2D eigenvalue weighted by molar-refractivity contribution is 6.35. The second-order valence-electron chi connectivity index (χ2n) is 5.23. The Labute approximate surface area is 169 Å². The van der Waals surface area contributed by atoms with Crippen LogP contribution in [-0.2, 0) is 4.79 Å². The second kappa shape index (κ2) is 9.77. The van der Waals surface area contributed by atoms with E-state index in [9.17, 15) is 20.0 Å². The molecule has 0 bridgehead atoms. The minimum Gasteiger partial charge on any atom is -0.500 e. The van der Waals surface area contributed by atoms with E-state index in [1.807, 2.05) is 0 Å². The van der Waals surface area contributed by atoms with Gasteiger partial charge in [-0.3, -0.25) is 14.9 Å². The van der Waals surface area contributed by atoms with Crippen molar-refractivity contribution in [2.24, 2.45) is 5.10 Å². The molecule has 0 fully saturated rings. The van der Waals surface area contributed by atoms with Crippen LogP contribution in [-0.4, -0.2) is 35.4 Å². The summed E-state index contributed by atoms with van der Waals surface area (Å²) in [5.41, 5.74) is 1.91. The number of halogens is 2. The molecular formula is C17H15Cl2N3O6. The number of aromatic hydroxyl groups is 1. The lowest BCUT2D eigenvalue weighted by molar-refractivity contribution is -0.386. The zero-order valence-corrected chi connectivity index (χ0v) is 16.0. The smallest absolute Gasteiger partial charge is 0.315 e. The van der Waals surface area contributed by atoms with Gasteiger partial charge in [-0.2, -0.15) is 5.10 Å². The number of hydrogen-bond donors (Lipinski definition) is 2. The molecule has 28 heavy (non-hydrogen) atoms. The minimum absolute atomic E-state index is 0.0646. The standard InChI is InChI=1S/C17H15Cl2N3O6/c1-2-27-15-6-10(5-13(17(15)24)22(25)26)8-20-21-16(23)9-28-14-4-3-11(18)7-12(14)19/h3-8,24H,2,9H2,1H3,(H,21,23)/b20-8+. The van der Waals surface area contributed by atoms with E-state index in [2.05, 4.69) is 10.5 Å². The van der Waals surface area contributed by atoms with Gasteiger partial charge in [0.25, 0.3) is 5.91 Å². The van der Waals surface area contributed by atoms with E-state index in [4.69, 9.17) is 32.7 Å². The highest BCUT2D eigenvalue weighted by Gasteiger charge is 2.19. The van der Waals surface area contributed by atoms with Crippen molar-refractivity contribution in [3.8, 4) is 17.2 Å². The molecule has 2 aromatic rings. The number of nitrogens with zero attached hydrogens (tertiary/aromatic N) is 2. The van der Waals surface area contributed by atoms with Crippen LogP contribution >= 0.6 is 23.2 Å². The Morgan fingerprint density at radius 1 is 1.29 bits per heavy atom. The average molecular weight is 428 g/mol. The van der Waals surface area contributed by atoms with Crippen molar-refractivity contribution in [2.75, 3.05) is 13.2 Å². The summed E-state index contributed by atoms with van der Waals surface area (Å²) >= 11 is 11.7. The molecule has 9 nitrogen and oxygen atoms in total. The molecule has 11 heteroatoms. The van der Waals surface area contributed by atoms with Crippen molar-refractivity contribution < 1.29 is 24.3 Å². The Balaban J connectivity index is 2.01. The van der Waals surface area contributed by atoms with Gasteiger partial charge in [0.15, 0.2) is 12.4 Å². The molecule has 0 radical (unpaired) electrons. The van der Waals surface area contributed by atoms with E-state index < -0.39 is 22.3 Å². The summed E-state index contributed by atoms with van der Waals surface area (Å²) in [5.74, 6) is -0.951. The summed E-state index contributed by atoms with van der Waals surface area (Å²) < 4.78 is 10.4. The van der Waals surface area contributed by atoms with Crippen molar-refractivity contribution in [3.05, 3.63) is 56.1 Å². The van der Waals surface area contributed by atoms with Crippen molar-refractivity contribution in [2.45, 2.75) is 6.92 Å². The van der Waals surface area contributed by atoms with Crippen LogP contribution in [0.2, 0.25) is 10.0 Å². The van der Waals surface area contributed by atoms with Crippen LogP contribution in [0.25, 0.3) is 0 Å². The fourth-order valence-electron chi connectivity index (χ4n) is 2.04. The summed E-state index contributed by atoms with van der Waals surface area (Å²) in [6, 6.07) is 7.00. The first-order valence-electron chi connectivity index (χ1n) is 7.85. The van der Waals surface area contributed by atoms with E-state index in [0.29, 0.717) is 5.02 Å². The third kappa shape index (κ3) is 5.73. The molecule has 0 unspecified atom stereocenters. The summed E-state index contributed by atoms with van der Waals surface area (Å²) in [4.78, 5) is 22.1. The number of carbonyl (C=O) groups excluding carboxylic acids is 1. The van der Waals surface area contributed by atoms with Crippen molar-refractivity contribution in [1.82, 2.24) is 5.43 Å². The monoisotopic (exact) mass is 427 g/mol. The Hall–Kier alpha value is -3.04. The predicted octanol–water partition coefficient (Wildman–Crippen LogP) is 3.54. The predicted molar refractivity (Wildman–Crippen MR) is 104 cm³/mol. The van der Waals surface area contributed by atoms with E-state index in [-0.39, 0.29) is 35.3 Å². The first kappa shape index (κ1) is 21.3. The molecule has 0 atom stereocenters. The lowest BCUT2D eigenvalue weighted by atomic mass is 10.2. The Kier molecular flexibility index (Phi) is 7.42. The van der Waals surface area contributed by atoms with Gasteiger partial charge < -0.3 is 14.6 Å². The molecule has 2 rings (SSSR count). The van der Waals surface area contributed by atoms with Crippen LogP contribution in [0.4, 0.5) is 5.69 Å². The first-order chi connectivity index (χ1) is 13.3. The Morgan fingerprint density at radius 3 is 2.68 bits per heavy atom. The maximum atomic E-state index is 11.8. The third-order valence-electron chi connectivity index (χ3n) is 3.23. The van der Waals surface area contributed by atoms with Crippen LogP contribution in [0.15, 0.2) is 35.4 Å². The zero-order chi connectivity index (χ0) is 20.7. The molecule has 0 aliphatic heterocycles. The molecule has 2 N–H and O–H groups in total. The van der Waals surface area contributed by atoms with Gasteiger partial charge in [-0.1, -0.05) is 23.2 Å². The highest BCUT2D eigenvalue weighted by atomic mass is 35.5. The number of amides is 1. The number of benzene rings is 2. The largest absolute Gasteiger partial charge is 0.500 e. The average Bonchev–Trinajstić information content (AvgIpc) is 2.63. The number of hydrogen-bond acceptors (Lipinski definition) is 7. The van der Waals surface area contributed by atoms with Crippen molar-refractivity contribution in [1.29, 1.82) is 0 Å². The topological polar surface area (TPSA) is 123 Å². The fourth-order valence-corrected chi connectivity index (χ4v) is 2.50. The number of hydrazone groups is 1. The molecule has 2 aromatic carbocycles. The number of nitro groups is 1. The van der Waals surface area contributed by atoms with Crippen LogP contribution in [0.5, 0.6) is 17.2 Å². The van der Waals surface area contributed by atoms with Crippen molar-refractivity contribution >= 4 is 41.0 Å². The van der Waals surface area contributed by atoms with Crippen LogP contribution in [0.1, 0.15) is 12.5 Å². The Bertz CT molecular complexity index is 920. The molecule has 0 saturated heterocycles. The van der Waals surface area contributed by atoms with Crippen LogP contribution in [0, 0.1) is 10.1 Å².